The molecule has 6 heteroatoms. The molecule has 0 radical (unpaired) electrons. The first-order valence-electron chi connectivity index (χ1n) is 5.30. The number of carbonyl (C=O) groups is 2. The molecule has 0 aliphatic rings. The number of aromatic nitrogens is 1. The lowest BCUT2D eigenvalue weighted by molar-refractivity contribution is -0.151. The highest BCUT2D eigenvalue weighted by Gasteiger charge is 2.36. The van der Waals surface area contributed by atoms with Crippen LogP contribution in [0.3, 0.4) is 0 Å². The van der Waals surface area contributed by atoms with E-state index in [1.165, 1.54) is 25.2 Å². The van der Waals surface area contributed by atoms with Crippen molar-refractivity contribution in [3.8, 4) is 0 Å². The normalized spacial score (nSPS) is 11.3. The van der Waals surface area contributed by atoms with Gasteiger partial charge in [0, 0.05) is 4.88 Å². The number of hydrogen-bond donors (Lipinski definition) is 2. The fourth-order valence-corrected chi connectivity index (χ4v) is 2.06. The van der Waals surface area contributed by atoms with Crippen molar-refractivity contribution in [3.05, 3.63) is 10.6 Å². The third-order valence-electron chi connectivity index (χ3n) is 2.55. The molecular weight excluding hydrogens is 240 g/mol. The number of hydrogen-bond acceptors (Lipinski definition) is 4. The Balaban J connectivity index is 2.85. The van der Waals surface area contributed by atoms with Gasteiger partial charge in [-0.15, -0.1) is 11.3 Å². The van der Waals surface area contributed by atoms with Crippen LogP contribution in [0.2, 0.25) is 0 Å². The lowest BCUT2D eigenvalue weighted by Crippen LogP contribution is -2.37. The fourth-order valence-electron chi connectivity index (χ4n) is 1.16. The SMILES string of the molecule is CCc1nc(NC(=O)C(C)(C)C(=O)O)sc1C. The van der Waals surface area contributed by atoms with Crippen LogP contribution in [0.25, 0.3) is 0 Å². The number of anilines is 1. The topological polar surface area (TPSA) is 79.3 Å². The summed E-state index contributed by atoms with van der Waals surface area (Å²) in [7, 11) is 0. The maximum atomic E-state index is 11.8. The lowest BCUT2D eigenvalue weighted by Gasteiger charge is -2.16. The third-order valence-corrected chi connectivity index (χ3v) is 3.48. The summed E-state index contributed by atoms with van der Waals surface area (Å²) < 4.78 is 0. The van der Waals surface area contributed by atoms with Crippen LogP contribution in [0, 0.1) is 12.3 Å². The number of aryl methyl sites for hydroxylation is 2. The molecule has 1 aromatic rings. The van der Waals surface area contributed by atoms with Crippen LogP contribution in [-0.2, 0) is 16.0 Å². The fraction of sp³-hybridized carbons (Fsp3) is 0.545. The molecule has 1 aromatic heterocycles. The van der Waals surface area contributed by atoms with Crippen LogP contribution in [0.1, 0.15) is 31.3 Å². The average Bonchev–Trinajstić information content (AvgIpc) is 2.58. The van der Waals surface area contributed by atoms with Crippen LogP contribution in [0.5, 0.6) is 0 Å². The Morgan fingerprint density at radius 3 is 2.47 bits per heavy atom. The van der Waals surface area contributed by atoms with Crippen molar-refractivity contribution >= 4 is 28.3 Å². The van der Waals surface area contributed by atoms with E-state index in [9.17, 15) is 9.59 Å². The molecule has 0 spiro atoms. The second-order valence-corrected chi connectivity index (χ2v) is 5.46. The highest BCUT2D eigenvalue weighted by atomic mass is 32.1. The molecule has 1 heterocycles. The predicted molar refractivity (Wildman–Crippen MR) is 66.3 cm³/mol. The molecule has 94 valence electrons. The molecule has 5 nitrogen and oxygen atoms in total. The molecular formula is C11H16N2O3S. The lowest BCUT2D eigenvalue weighted by atomic mass is 9.93. The quantitative estimate of drug-likeness (QED) is 0.808. The van der Waals surface area contributed by atoms with E-state index in [1.54, 1.807) is 0 Å². The van der Waals surface area contributed by atoms with Gasteiger partial charge in [0.25, 0.3) is 0 Å². The molecule has 1 rings (SSSR count). The van der Waals surface area contributed by atoms with Gasteiger partial charge >= 0.3 is 5.97 Å². The molecule has 0 fully saturated rings. The van der Waals surface area contributed by atoms with E-state index in [2.05, 4.69) is 10.3 Å². The second-order valence-electron chi connectivity index (χ2n) is 4.26. The van der Waals surface area contributed by atoms with E-state index >= 15 is 0 Å². The maximum Gasteiger partial charge on any atom is 0.318 e. The van der Waals surface area contributed by atoms with Crippen molar-refractivity contribution in [2.45, 2.75) is 34.1 Å². The maximum absolute atomic E-state index is 11.8. The highest BCUT2D eigenvalue weighted by Crippen LogP contribution is 2.25. The standard InChI is InChI=1S/C11H16N2O3S/c1-5-7-6(2)17-10(12-7)13-8(14)11(3,4)9(15)16/h5H2,1-4H3,(H,15,16)(H,12,13,14). The minimum atomic E-state index is -1.45. The molecule has 1 amide bonds. The smallest absolute Gasteiger partial charge is 0.318 e. The number of amides is 1. The molecule has 17 heavy (non-hydrogen) atoms. The molecule has 0 aromatic carbocycles. The first-order valence-corrected chi connectivity index (χ1v) is 6.11. The van der Waals surface area contributed by atoms with Crippen LogP contribution in [0.15, 0.2) is 0 Å². The van der Waals surface area contributed by atoms with Gasteiger partial charge in [-0.1, -0.05) is 6.92 Å². The number of nitrogens with zero attached hydrogens (tertiary/aromatic N) is 1. The monoisotopic (exact) mass is 256 g/mol. The summed E-state index contributed by atoms with van der Waals surface area (Å²) in [5, 5.41) is 11.9. The Morgan fingerprint density at radius 2 is 2.06 bits per heavy atom. The number of thiazole rings is 1. The minimum Gasteiger partial charge on any atom is -0.480 e. The van der Waals surface area contributed by atoms with Crippen molar-refractivity contribution in [3.63, 3.8) is 0 Å². The molecule has 0 aliphatic heterocycles. The number of carboxylic acids is 1. The molecule has 0 unspecified atom stereocenters. The highest BCUT2D eigenvalue weighted by molar-refractivity contribution is 7.15. The van der Waals surface area contributed by atoms with Gasteiger partial charge in [-0.25, -0.2) is 4.98 Å². The molecule has 2 N–H and O–H groups in total. The van der Waals surface area contributed by atoms with Gasteiger partial charge < -0.3 is 10.4 Å². The molecule has 0 atom stereocenters. The molecule has 0 bridgehead atoms. The Kier molecular flexibility index (Phi) is 3.87. The second kappa shape index (κ2) is 4.83. The Morgan fingerprint density at radius 1 is 1.47 bits per heavy atom. The Bertz CT molecular complexity index is 452. The minimum absolute atomic E-state index is 0.457. The summed E-state index contributed by atoms with van der Waals surface area (Å²) in [6.45, 7) is 6.64. The summed E-state index contributed by atoms with van der Waals surface area (Å²) in [4.78, 5) is 27.9. The Hall–Kier alpha value is -1.43. The number of carboxylic acid groups (broad SMARTS) is 1. The van der Waals surface area contributed by atoms with E-state index < -0.39 is 17.3 Å². The summed E-state index contributed by atoms with van der Waals surface area (Å²) in [5.41, 5.74) is -0.523. The molecule has 0 saturated carbocycles. The van der Waals surface area contributed by atoms with Crippen LogP contribution >= 0.6 is 11.3 Å². The summed E-state index contributed by atoms with van der Waals surface area (Å²) in [6.07, 6.45) is 0.792. The number of carbonyl (C=O) groups excluding carboxylic acids is 1. The van der Waals surface area contributed by atoms with Crippen molar-refractivity contribution in [2.75, 3.05) is 5.32 Å². The van der Waals surface area contributed by atoms with E-state index in [0.717, 1.165) is 17.0 Å². The zero-order valence-corrected chi connectivity index (χ0v) is 11.1. The van der Waals surface area contributed by atoms with Crippen LogP contribution in [0.4, 0.5) is 5.13 Å². The largest absolute Gasteiger partial charge is 0.480 e. The zero-order chi connectivity index (χ0) is 13.2. The molecule has 0 saturated heterocycles. The molecule has 0 aliphatic carbocycles. The van der Waals surface area contributed by atoms with E-state index in [1.807, 2.05) is 13.8 Å². The first-order chi connectivity index (χ1) is 7.78. The van der Waals surface area contributed by atoms with Crippen molar-refractivity contribution in [2.24, 2.45) is 5.41 Å². The van der Waals surface area contributed by atoms with E-state index in [-0.39, 0.29) is 0 Å². The van der Waals surface area contributed by atoms with Gasteiger partial charge in [-0.3, -0.25) is 9.59 Å². The number of aliphatic carboxylic acids is 1. The van der Waals surface area contributed by atoms with Crippen LogP contribution in [-0.4, -0.2) is 22.0 Å². The van der Waals surface area contributed by atoms with E-state index in [4.69, 9.17) is 5.11 Å². The third kappa shape index (κ3) is 2.82. The van der Waals surface area contributed by atoms with Crippen molar-refractivity contribution in [1.29, 1.82) is 0 Å². The number of nitrogens with one attached hydrogen (secondary N) is 1. The number of rotatable bonds is 4. The van der Waals surface area contributed by atoms with Gasteiger partial charge in [0.15, 0.2) is 5.13 Å². The van der Waals surface area contributed by atoms with Gasteiger partial charge in [-0.05, 0) is 27.2 Å². The summed E-state index contributed by atoms with van der Waals surface area (Å²) >= 11 is 1.36. The predicted octanol–water partition coefficient (Wildman–Crippen LogP) is 2.06. The van der Waals surface area contributed by atoms with Gasteiger partial charge in [0.05, 0.1) is 5.69 Å². The Labute approximate surface area is 104 Å². The van der Waals surface area contributed by atoms with Crippen molar-refractivity contribution in [1.82, 2.24) is 4.98 Å². The zero-order valence-electron chi connectivity index (χ0n) is 10.3. The van der Waals surface area contributed by atoms with Crippen molar-refractivity contribution < 1.29 is 14.7 Å². The van der Waals surface area contributed by atoms with Gasteiger partial charge in [-0.2, -0.15) is 0 Å². The van der Waals surface area contributed by atoms with Crippen LogP contribution < -0.4 is 5.32 Å². The summed E-state index contributed by atoms with van der Waals surface area (Å²) in [6, 6.07) is 0. The van der Waals surface area contributed by atoms with Gasteiger partial charge in [0.1, 0.15) is 5.41 Å². The average molecular weight is 256 g/mol. The van der Waals surface area contributed by atoms with E-state index in [0.29, 0.717) is 5.13 Å². The van der Waals surface area contributed by atoms with Gasteiger partial charge in [0.2, 0.25) is 5.91 Å². The summed E-state index contributed by atoms with van der Waals surface area (Å²) in [5.74, 6) is -1.71. The first kappa shape index (κ1) is 13.6.